The van der Waals surface area contributed by atoms with E-state index in [1.54, 1.807) is 0 Å². The Morgan fingerprint density at radius 3 is 2.23 bits per heavy atom. The SMILES string of the molecule is C[C@]1(O)C(O)C(O)OC(CO)C1O. The molecule has 1 aliphatic rings. The van der Waals surface area contributed by atoms with E-state index in [9.17, 15) is 15.3 Å². The molecule has 0 aromatic rings. The molecule has 1 saturated heterocycles. The molecule has 1 heterocycles. The molecule has 0 aliphatic carbocycles. The topological polar surface area (TPSA) is 110 Å². The quantitative estimate of drug-likeness (QED) is 0.308. The second-order valence-electron chi connectivity index (χ2n) is 3.36. The number of aliphatic hydroxyl groups is 5. The molecule has 0 aromatic heterocycles. The zero-order valence-corrected chi connectivity index (χ0v) is 7.16. The Hall–Kier alpha value is -0.240. The first-order valence-corrected chi connectivity index (χ1v) is 3.94. The van der Waals surface area contributed by atoms with Crippen LogP contribution < -0.4 is 0 Å². The standard InChI is InChI=1S/C7H14O6/c1-7(12)4(9)3(2-8)13-6(11)5(7)10/h3-6,8-12H,2H2,1H3/t3?,4?,5?,6?,7-/m1/s1. The molecule has 6 heteroatoms. The van der Waals surface area contributed by atoms with Crippen LogP contribution in [0.1, 0.15) is 6.92 Å². The molecule has 0 spiro atoms. The van der Waals surface area contributed by atoms with Crippen LogP contribution in [-0.4, -0.2) is 62.3 Å². The van der Waals surface area contributed by atoms with E-state index >= 15 is 0 Å². The Morgan fingerprint density at radius 2 is 1.77 bits per heavy atom. The van der Waals surface area contributed by atoms with Gasteiger partial charge in [0.25, 0.3) is 0 Å². The summed E-state index contributed by atoms with van der Waals surface area (Å²) in [5.41, 5.74) is -1.88. The average molecular weight is 194 g/mol. The van der Waals surface area contributed by atoms with Gasteiger partial charge in [-0.15, -0.1) is 0 Å². The summed E-state index contributed by atoms with van der Waals surface area (Å²) < 4.78 is 4.64. The van der Waals surface area contributed by atoms with E-state index in [4.69, 9.17) is 10.2 Å². The average Bonchev–Trinajstić information content (AvgIpc) is 2.09. The summed E-state index contributed by atoms with van der Waals surface area (Å²) in [6.45, 7) is 0.623. The van der Waals surface area contributed by atoms with Crippen molar-refractivity contribution in [1.82, 2.24) is 0 Å². The first kappa shape index (κ1) is 10.8. The summed E-state index contributed by atoms with van der Waals surface area (Å²) in [5, 5.41) is 45.9. The molecule has 0 saturated carbocycles. The zero-order valence-electron chi connectivity index (χ0n) is 7.16. The Morgan fingerprint density at radius 1 is 1.23 bits per heavy atom. The Bertz CT molecular complexity index is 182. The molecule has 0 amide bonds. The van der Waals surface area contributed by atoms with Gasteiger partial charge in [0.1, 0.15) is 23.9 Å². The van der Waals surface area contributed by atoms with Gasteiger partial charge in [0, 0.05) is 0 Å². The molecule has 13 heavy (non-hydrogen) atoms. The first-order chi connectivity index (χ1) is 5.91. The van der Waals surface area contributed by atoms with Crippen molar-refractivity contribution in [3.05, 3.63) is 0 Å². The maximum atomic E-state index is 9.53. The van der Waals surface area contributed by atoms with Crippen molar-refractivity contribution >= 4 is 0 Å². The van der Waals surface area contributed by atoms with Crippen molar-refractivity contribution < 1.29 is 30.3 Å². The zero-order chi connectivity index (χ0) is 10.2. The third kappa shape index (κ3) is 1.69. The molecule has 1 rings (SSSR count). The minimum absolute atomic E-state index is 0.541. The van der Waals surface area contributed by atoms with Crippen molar-refractivity contribution in [3.63, 3.8) is 0 Å². The fourth-order valence-electron chi connectivity index (χ4n) is 1.31. The van der Waals surface area contributed by atoms with Gasteiger partial charge in [0.05, 0.1) is 6.61 Å². The summed E-state index contributed by atoms with van der Waals surface area (Å²) in [4.78, 5) is 0. The van der Waals surface area contributed by atoms with Crippen LogP contribution in [0.5, 0.6) is 0 Å². The lowest BCUT2D eigenvalue weighted by Gasteiger charge is -2.44. The summed E-state index contributed by atoms with van der Waals surface area (Å²) in [6, 6.07) is 0. The van der Waals surface area contributed by atoms with E-state index in [1.807, 2.05) is 0 Å². The minimum Gasteiger partial charge on any atom is -0.394 e. The third-order valence-electron chi connectivity index (χ3n) is 2.31. The normalized spacial score (nSPS) is 52.2. The molecular weight excluding hydrogens is 180 g/mol. The van der Waals surface area contributed by atoms with Gasteiger partial charge in [-0.2, -0.15) is 0 Å². The summed E-state index contributed by atoms with van der Waals surface area (Å²) >= 11 is 0. The lowest BCUT2D eigenvalue weighted by molar-refractivity contribution is -0.316. The van der Waals surface area contributed by atoms with Crippen LogP contribution in [0.4, 0.5) is 0 Å². The van der Waals surface area contributed by atoms with Crippen LogP contribution in [-0.2, 0) is 4.74 Å². The highest BCUT2D eigenvalue weighted by Gasteiger charge is 2.51. The molecule has 0 aromatic carbocycles. The van der Waals surface area contributed by atoms with Crippen molar-refractivity contribution in [2.75, 3.05) is 6.61 Å². The molecule has 5 atom stereocenters. The number of hydrogen-bond acceptors (Lipinski definition) is 6. The van der Waals surface area contributed by atoms with E-state index in [1.165, 1.54) is 0 Å². The van der Waals surface area contributed by atoms with Crippen molar-refractivity contribution in [1.29, 1.82) is 0 Å². The monoisotopic (exact) mass is 194 g/mol. The molecule has 4 unspecified atom stereocenters. The van der Waals surface area contributed by atoms with Crippen LogP contribution >= 0.6 is 0 Å². The maximum Gasteiger partial charge on any atom is 0.184 e. The van der Waals surface area contributed by atoms with E-state index in [-0.39, 0.29) is 0 Å². The Labute approximate surface area is 75.0 Å². The largest absolute Gasteiger partial charge is 0.394 e. The van der Waals surface area contributed by atoms with E-state index in [0.717, 1.165) is 6.92 Å². The van der Waals surface area contributed by atoms with Crippen molar-refractivity contribution in [3.8, 4) is 0 Å². The van der Waals surface area contributed by atoms with Crippen LogP contribution in [0, 0.1) is 0 Å². The summed E-state index contributed by atoms with van der Waals surface area (Å²) in [6.07, 6.45) is -5.72. The highest BCUT2D eigenvalue weighted by molar-refractivity contribution is 4.98. The van der Waals surface area contributed by atoms with Gasteiger partial charge in [-0.25, -0.2) is 0 Å². The summed E-state index contributed by atoms with van der Waals surface area (Å²) in [5.74, 6) is 0. The number of aliphatic hydroxyl groups excluding tert-OH is 4. The fourth-order valence-corrected chi connectivity index (χ4v) is 1.31. The number of hydrogen-bond donors (Lipinski definition) is 5. The molecular formula is C7H14O6. The molecule has 5 N–H and O–H groups in total. The van der Waals surface area contributed by atoms with Crippen molar-refractivity contribution in [2.45, 2.75) is 37.1 Å². The molecule has 0 bridgehead atoms. The summed E-state index contributed by atoms with van der Waals surface area (Å²) in [7, 11) is 0. The van der Waals surface area contributed by atoms with E-state index in [2.05, 4.69) is 4.74 Å². The Kier molecular flexibility index (Phi) is 2.91. The second-order valence-corrected chi connectivity index (χ2v) is 3.36. The lowest BCUT2D eigenvalue weighted by atomic mass is 9.86. The van der Waals surface area contributed by atoms with Gasteiger partial charge < -0.3 is 30.3 Å². The van der Waals surface area contributed by atoms with Crippen LogP contribution in [0.25, 0.3) is 0 Å². The molecule has 1 fully saturated rings. The minimum atomic E-state index is -1.88. The highest BCUT2D eigenvalue weighted by Crippen LogP contribution is 2.28. The van der Waals surface area contributed by atoms with E-state index < -0.39 is 36.8 Å². The van der Waals surface area contributed by atoms with Crippen LogP contribution in [0.3, 0.4) is 0 Å². The van der Waals surface area contributed by atoms with Gasteiger partial charge in [0.15, 0.2) is 6.29 Å². The Balaban J connectivity index is 2.82. The predicted molar refractivity (Wildman–Crippen MR) is 40.6 cm³/mol. The van der Waals surface area contributed by atoms with Crippen molar-refractivity contribution in [2.24, 2.45) is 0 Å². The van der Waals surface area contributed by atoms with Gasteiger partial charge >= 0.3 is 0 Å². The van der Waals surface area contributed by atoms with Gasteiger partial charge in [0.2, 0.25) is 0 Å². The fraction of sp³-hybridized carbons (Fsp3) is 1.00. The van der Waals surface area contributed by atoms with E-state index in [0.29, 0.717) is 0 Å². The maximum absolute atomic E-state index is 9.53. The van der Waals surface area contributed by atoms with Gasteiger partial charge in [-0.3, -0.25) is 0 Å². The molecule has 0 radical (unpaired) electrons. The van der Waals surface area contributed by atoms with Crippen LogP contribution in [0.2, 0.25) is 0 Å². The van der Waals surface area contributed by atoms with Gasteiger partial charge in [-0.1, -0.05) is 0 Å². The number of rotatable bonds is 1. The number of ether oxygens (including phenoxy) is 1. The van der Waals surface area contributed by atoms with Gasteiger partial charge in [-0.05, 0) is 6.92 Å². The lowest BCUT2D eigenvalue weighted by Crippen LogP contribution is -2.65. The van der Waals surface area contributed by atoms with Crippen LogP contribution in [0.15, 0.2) is 0 Å². The predicted octanol–water partition coefficient (Wildman–Crippen LogP) is -2.83. The molecule has 1 aliphatic heterocycles. The highest BCUT2D eigenvalue weighted by atomic mass is 16.6. The first-order valence-electron chi connectivity index (χ1n) is 3.94. The molecule has 78 valence electrons. The molecule has 6 nitrogen and oxygen atoms in total. The smallest absolute Gasteiger partial charge is 0.184 e. The third-order valence-corrected chi connectivity index (χ3v) is 2.31. The second kappa shape index (κ2) is 3.49.